The Morgan fingerprint density at radius 1 is 0.323 bits per heavy atom. The van der Waals surface area contributed by atoms with Gasteiger partial charge in [-0.25, -0.2) is 0 Å². The molecule has 0 fully saturated rings. The molecule has 4 nitrogen and oxygen atoms in total. The van der Waals surface area contributed by atoms with Gasteiger partial charge in [0, 0.05) is 6.42 Å². The minimum Gasteiger partial charge on any atom is -0.394 e. The van der Waals surface area contributed by atoms with Crippen LogP contribution >= 0.6 is 0 Å². The number of rotatable bonds is 55. The highest BCUT2D eigenvalue weighted by molar-refractivity contribution is 5.76. The van der Waals surface area contributed by atoms with Crippen LogP contribution in [0, 0.1) is 0 Å². The summed E-state index contributed by atoms with van der Waals surface area (Å²) in [6.45, 7) is 4.40. The lowest BCUT2D eigenvalue weighted by molar-refractivity contribution is -0.123. The maximum Gasteiger partial charge on any atom is 0.220 e. The van der Waals surface area contributed by atoms with E-state index < -0.39 is 12.1 Å². The van der Waals surface area contributed by atoms with Crippen LogP contribution in [0.4, 0.5) is 0 Å². The Kier molecular flexibility index (Phi) is 54.2. The molecule has 0 saturated heterocycles. The molecule has 0 aromatic rings. The predicted molar refractivity (Wildman–Crippen MR) is 276 cm³/mol. The van der Waals surface area contributed by atoms with Crippen LogP contribution in [-0.2, 0) is 4.79 Å². The molecule has 0 aliphatic heterocycles. The van der Waals surface area contributed by atoms with E-state index >= 15 is 0 Å². The van der Waals surface area contributed by atoms with E-state index in [9.17, 15) is 15.0 Å². The summed E-state index contributed by atoms with van der Waals surface area (Å²) in [6, 6.07) is -0.530. The second-order valence-electron chi connectivity index (χ2n) is 20.4. The van der Waals surface area contributed by atoms with Gasteiger partial charge in [0.2, 0.25) is 5.91 Å². The Labute approximate surface area is 391 Å². The zero-order valence-corrected chi connectivity index (χ0v) is 42.9. The monoisotopic (exact) mass is 876 g/mol. The summed E-state index contributed by atoms with van der Waals surface area (Å²) in [4.78, 5) is 12.5. The first kappa shape index (κ1) is 61.4. The van der Waals surface area contributed by atoms with Gasteiger partial charge in [0.1, 0.15) is 0 Å². The Hall–Kier alpha value is -0.610. The zero-order chi connectivity index (χ0) is 44.9. The van der Waals surface area contributed by atoms with Gasteiger partial charge in [-0.3, -0.25) is 4.79 Å². The fraction of sp³-hybridized carbons (Fsp3) is 0.983. The van der Waals surface area contributed by atoms with Crippen molar-refractivity contribution in [1.82, 2.24) is 5.32 Å². The van der Waals surface area contributed by atoms with E-state index in [0.29, 0.717) is 12.8 Å². The number of nitrogens with one attached hydrogen (secondary N) is 1. The maximum atomic E-state index is 12.5. The van der Waals surface area contributed by atoms with Crippen molar-refractivity contribution in [2.75, 3.05) is 6.61 Å². The topological polar surface area (TPSA) is 69.6 Å². The summed E-state index contributed by atoms with van der Waals surface area (Å²) in [5.74, 6) is -0.0229. The molecule has 2 unspecified atom stereocenters. The fourth-order valence-corrected chi connectivity index (χ4v) is 9.66. The first-order chi connectivity index (χ1) is 30.7. The minimum absolute atomic E-state index is 0.0229. The van der Waals surface area contributed by atoms with Crippen molar-refractivity contribution in [3.8, 4) is 0 Å². The van der Waals surface area contributed by atoms with Gasteiger partial charge in [-0.2, -0.15) is 0 Å². The van der Waals surface area contributed by atoms with Gasteiger partial charge in [-0.15, -0.1) is 0 Å². The van der Waals surface area contributed by atoms with Crippen molar-refractivity contribution in [3.05, 3.63) is 0 Å². The lowest BCUT2D eigenvalue weighted by atomic mass is 10.0. The van der Waals surface area contributed by atoms with Gasteiger partial charge in [-0.1, -0.05) is 328 Å². The average molecular weight is 877 g/mol. The van der Waals surface area contributed by atoms with Crippen LogP contribution in [0.3, 0.4) is 0 Å². The highest BCUT2D eigenvalue weighted by atomic mass is 16.3. The second kappa shape index (κ2) is 54.7. The number of amides is 1. The predicted octanol–water partition coefficient (Wildman–Crippen LogP) is 19.1. The van der Waals surface area contributed by atoms with Crippen LogP contribution in [-0.4, -0.2) is 34.9 Å². The van der Waals surface area contributed by atoms with Gasteiger partial charge in [0.25, 0.3) is 0 Å². The molecule has 4 heteroatoms. The van der Waals surface area contributed by atoms with Crippen molar-refractivity contribution in [1.29, 1.82) is 0 Å². The van der Waals surface area contributed by atoms with E-state index in [2.05, 4.69) is 19.2 Å². The van der Waals surface area contributed by atoms with Crippen LogP contribution in [0.2, 0.25) is 0 Å². The fourth-order valence-electron chi connectivity index (χ4n) is 9.66. The normalized spacial score (nSPS) is 12.6. The highest BCUT2D eigenvalue weighted by Crippen LogP contribution is 2.19. The lowest BCUT2D eigenvalue weighted by Gasteiger charge is -2.22. The largest absolute Gasteiger partial charge is 0.394 e. The molecule has 3 N–H and O–H groups in total. The zero-order valence-electron chi connectivity index (χ0n) is 42.9. The summed E-state index contributed by atoms with van der Waals surface area (Å²) < 4.78 is 0. The van der Waals surface area contributed by atoms with E-state index in [4.69, 9.17) is 0 Å². The van der Waals surface area contributed by atoms with E-state index in [1.807, 2.05) is 0 Å². The molecule has 0 aromatic carbocycles. The molecule has 0 bridgehead atoms. The van der Waals surface area contributed by atoms with Crippen LogP contribution in [0.5, 0.6) is 0 Å². The number of unbranched alkanes of at least 4 members (excludes halogenated alkanes) is 48. The van der Waals surface area contributed by atoms with Crippen LogP contribution in [0.25, 0.3) is 0 Å². The Balaban J connectivity index is 3.32. The molecule has 0 heterocycles. The summed E-state index contributed by atoms with van der Waals surface area (Å²) in [5.41, 5.74) is 0. The molecule has 0 spiro atoms. The maximum absolute atomic E-state index is 12.5. The van der Waals surface area contributed by atoms with Crippen molar-refractivity contribution in [2.24, 2.45) is 0 Å². The third-order valence-electron chi connectivity index (χ3n) is 14.1. The quantitative estimate of drug-likeness (QED) is 0.0533. The molecule has 0 aromatic heterocycles. The lowest BCUT2D eigenvalue weighted by Crippen LogP contribution is -2.45. The second-order valence-corrected chi connectivity index (χ2v) is 20.4. The van der Waals surface area contributed by atoms with Gasteiger partial charge in [0.15, 0.2) is 0 Å². The molecule has 0 saturated carbocycles. The summed E-state index contributed by atoms with van der Waals surface area (Å²) in [6.07, 6.45) is 69.8. The van der Waals surface area contributed by atoms with Crippen LogP contribution in [0.1, 0.15) is 348 Å². The molecule has 62 heavy (non-hydrogen) atoms. The third kappa shape index (κ3) is 50.4. The molecule has 372 valence electrons. The first-order valence-corrected chi connectivity index (χ1v) is 29.2. The van der Waals surface area contributed by atoms with Crippen molar-refractivity contribution >= 4 is 5.91 Å². The standard InChI is InChI=1S/C58H117NO3/c1-3-5-7-9-11-13-15-17-19-20-21-22-23-24-25-26-27-28-29-30-31-32-33-34-35-36-37-38-39-40-42-44-46-48-50-52-54-58(62)59-56(55-60)57(61)53-51-49-47-45-43-41-18-16-14-12-10-8-6-4-2/h56-57,60-61H,3-55H2,1-2H3,(H,59,62). The average Bonchev–Trinajstić information content (AvgIpc) is 3.28. The first-order valence-electron chi connectivity index (χ1n) is 29.2. The summed E-state index contributed by atoms with van der Waals surface area (Å²) in [5, 5.41) is 23.3. The number of carbonyl (C=O) groups excluding carboxylic acids is 1. The molecule has 0 aliphatic carbocycles. The smallest absolute Gasteiger partial charge is 0.220 e. The number of aliphatic hydroxyl groups excluding tert-OH is 2. The van der Waals surface area contributed by atoms with Gasteiger partial charge < -0.3 is 15.5 Å². The molecule has 0 rings (SSSR count). The molecular formula is C58H117NO3. The Bertz CT molecular complexity index is 819. The summed E-state index contributed by atoms with van der Waals surface area (Å²) in [7, 11) is 0. The van der Waals surface area contributed by atoms with Crippen LogP contribution in [0.15, 0.2) is 0 Å². The SMILES string of the molecule is CCCCCCCCCCCCCCCCCCCCCCCCCCCCCCCCCCCCCCC(=O)NC(CO)C(O)CCCCCCCCCCCCCCCC. The number of aliphatic hydroxyl groups is 2. The Morgan fingerprint density at radius 3 is 0.726 bits per heavy atom. The molecule has 0 aliphatic rings. The van der Waals surface area contributed by atoms with Gasteiger partial charge >= 0.3 is 0 Å². The minimum atomic E-state index is -0.654. The molecule has 0 radical (unpaired) electrons. The summed E-state index contributed by atoms with van der Waals surface area (Å²) >= 11 is 0. The van der Waals surface area contributed by atoms with Crippen molar-refractivity contribution in [2.45, 2.75) is 360 Å². The van der Waals surface area contributed by atoms with E-state index in [1.54, 1.807) is 0 Å². The van der Waals surface area contributed by atoms with Crippen molar-refractivity contribution < 1.29 is 15.0 Å². The number of hydrogen-bond donors (Lipinski definition) is 3. The number of hydrogen-bond acceptors (Lipinski definition) is 3. The highest BCUT2D eigenvalue weighted by Gasteiger charge is 2.20. The van der Waals surface area contributed by atoms with E-state index in [1.165, 1.54) is 295 Å². The molecular weight excluding hydrogens is 759 g/mol. The van der Waals surface area contributed by atoms with Crippen molar-refractivity contribution in [3.63, 3.8) is 0 Å². The molecule has 1 amide bonds. The van der Waals surface area contributed by atoms with Gasteiger partial charge in [0.05, 0.1) is 18.8 Å². The number of carbonyl (C=O) groups is 1. The Morgan fingerprint density at radius 2 is 0.516 bits per heavy atom. The molecule has 2 atom stereocenters. The van der Waals surface area contributed by atoms with Crippen LogP contribution < -0.4 is 5.32 Å². The van der Waals surface area contributed by atoms with Gasteiger partial charge in [-0.05, 0) is 12.8 Å². The van der Waals surface area contributed by atoms with E-state index in [-0.39, 0.29) is 12.5 Å². The van der Waals surface area contributed by atoms with E-state index in [0.717, 1.165) is 25.7 Å². The third-order valence-corrected chi connectivity index (χ3v) is 14.1.